The number of fused-ring (bicyclic) bond motifs is 1. The molecule has 0 saturated heterocycles. The Kier molecular flexibility index (Phi) is 3.74. The van der Waals surface area contributed by atoms with Gasteiger partial charge in [0, 0.05) is 16.6 Å². The number of anilines is 1. The van der Waals surface area contributed by atoms with Crippen molar-refractivity contribution in [2.24, 2.45) is 0 Å². The van der Waals surface area contributed by atoms with Gasteiger partial charge in [-0.1, -0.05) is 30.3 Å². The number of carboxylic acid groups (broad SMARTS) is 1. The number of carbonyl (C=O) groups is 1. The fraction of sp³-hybridized carbons (Fsp3) is 0. The molecule has 0 aliphatic heterocycles. The van der Waals surface area contributed by atoms with Gasteiger partial charge in [-0.2, -0.15) is 0 Å². The number of carbonyl (C=O) groups excluding carboxylic acids is 1. The molecule has 0 radical (unpaired) electrons. The molecule has 15 heavy (non-hydrogen) atoms. The van der Waals surface area contributed by atoms with Gasteiger partial charge in [-0.25, -0.2) is 0 Å². The first kappa shape index (κ1) is 12.0. The number of rotatable bonds is 1. The Morgan fingerprint density at radius 1 is 1.13 bits per heavy atom. The largest absolute Gasteiger partial charge is 1.00 e. The van der Waals surface area contributed by atoms with Gasteiger partial charge in [0.1, 0.15) is 0 Å². The van der Waals surface area contributed by atoms with E-state index in [2.05, 4.69) is 0 Å². The average Bonchev–Trinajstić information content (AvgIpc) is 2.17. The monoisotopic (exact) mass is 209 g/mol. The minimum absolute atomic E-state index is 0. The van der Waals surface area contributed by atoms with E-state index in [0.29, 0.717) is 11.1 Å². The van der Waals surface area contributed by atoms with Crippen LogP contribution in [0.5, 0.6) is 0 Å². The molecule has 2 aromatic rings. The second-order valence-electron chi connectivity index (χ2n) is 3.04. The summed E-state index contributed by atoms with van der Waals surface area (Å²) in [6.07, 6.45) is 0. The maximum absolute atomic E-state index is 10.8. The van der Waals surface area contributed by atoms with Crippen LogP contribution in [-0.4, -0.2) is 5.97 Å². The van der Waals surface area contributed by atoms with Gasteiger partial charge in [0.05, 0.1) is 5.97 Å². The van der Waals surface area contributed by atoms with Crippen molar-refractivity contribution in [2.45, 2.75) is 0 Å². The van der Waals surface area contributed by atoms with Crippen LogP contribution in [0.2, 0.25) is 0 Å². The van der Waals surface area contributed by atoms with Crippen molar-refractivity contribution in [1.29, 1.82) is 0 Å². The Morgan fingerprint density at radius 3 is 2.33 bits per heavy atom. The van der Waals surface area contributed by atoms with Gasteiger partial charge in [-0.15, -0.1) is 0 Å². The fourth-order valence-corrected chi connectivity index (χ4v) is 1.54. The summed E-state index contributed by atoms with van der Waals surface area (Å²) in [5, 5.41) is 12.2. The normalized spacial score (nSPS) is 9.60. The summed E-state index contributed by atoms with van der Waals surface area (Å²) in [5.74, 6) is -1.20. The first-order valence-corrected chi connectivity index (χ1v) is 4.18. The van der Waals surface area contributed by atoms with Gasteiger partial charge in [0.25, 0.3) is 0 Å². The Balaban J connectivity index is 0.00000112. The van der Waals surface area contributed by atoms with Crippen LogP contribution in [0.15, 0.2) is 36.4 Å². The molecule has 0 fully saturated rings. The van der Waals surface area contributed by atoms with Crippen molar-refractivity contribution in [3.8, 4) is 0 Å². The van der Waals surface area contributed by atoms with Crippen molar-refractivity contribution < 1.29 is 39.5 Å². The number of aromatic carboxylic acids is 1. The van der Waals surface area contributed by atoms with E-state index in [1.54, 1.807) is 18.2 Å². The van der Waals surface area contributed by atoms with Crippen molar-refractivity contribution in [3.05, 3.63) is 42.0 Å². The van der Waals surface area contributed by atoms with Crippen LogP contribution in [0.3, 0.4) is 0 Å². The summed E-state index contributed by atoms with van der Waals surface area (Å²) in [6, 6.07) is 10.3. The number of nitrogens with two attached hydrogens (primary N) is 1. The SMILES string of the molecule is Nc1cccc2cccc(C(=O)[O-])c12.[Na+]. The van der Waals surface area contributed by atoms with E-state index in [0.717, 1.165) is 5.39 Å². The zero-order valence-corrected chi connectivity index (χ0v) is 10.4. The molecule has 2 rings (SSSR count). The molecule has 0 aliphatic rings. The van der Waals surface area contributed by atoms with Gasteiger partial charge in [0.15, 0.2) is 0 Å². The van der Waals surface area contributed by atoms with E-state index in [9.17, 15) is 9.90 Å². The van der Waals surface area contributed by atoms with E-state index < -0.39 is 5.97 Å². The van der Waals surface area contributed by atoms with Gasteiger partial charge in [0.2, 0.25) is 0 Å². The standard InChI is InChI=1S/C11H9NO2.Na/c12-9-6-2-4-7-3-1-5-8(10(7)9)11(13)14;/h1-6H,12H2,(H,13,14);/q;+1/p-1. The van der Waals surface area contributed by atoms with Crippen LogP contribution >= 0.6 is 0 Å². The van der Waals surface area contributed by atoms with Crippen LogP contribution in [0.25, 0.3) is 10.8 Å². The Morgan fingerprint density at radius 2 is 1.73 bits per heavy atom. The van der Waals surface area contributed by atoms with Gasteiger partial charge < -0.3 is 15.6 Å². The Bertz CT molecular complexity index is 506. The van der Waals surface area contributed by atoms with E-state index in [1.165, 1.54) is 6.07 Å². The summed E-state index contributed by atoms with van der Waals surface area (Å²) < 4.78 is 0. The molecule has 0 spiro atoms. The first-order chi connectivity index (χ1) is 6.70. The minimum Gasteiger partial charge on any atom is -0.545 e. The molecular formula is C11H8NNaO2. The summed E-state index contributed by atoms with van der Waals surface area (Å²) in [7, 11) is 0. The Labute approximate surface area is 109 Å². The number of hydrogen-bond acceptors (Lipinski definition) is 3. The molecule has 0 aliphatic carbocycles. The van der Waals surface area contributed by atoms with Crippen LogP contribution < -0.4 is 40.4 Å². The molecule has 0 atom stereocenters. The van der Waals surface area contributed by atoms with Gasteiger partial charge in [-0.3, -0.25) is 0 Å². The molecule has 2 aromatic carbocycles. The van der Waals surface area contributed by atoms with E-state index in [-0.39, 0.29) is 35.1 Å². The fourth-order valence-electron chi connectivity index (χ4n) is 1.54. The topological polar surface area (TPSA) is 66.2 Å². The predicted molar refractivity (Wildman–Crippen MR) is 52.7 cm³/mol. The number of nitrogen functional groups attached to an aromatic ring is 1. The molecule has 2 N–H and O–H groups in total. The molecule has 4 heteroatoms. The molecule has 0 heterocycles. The molecule has 70 valence electrons. The van der Waals surface area contributed by atoms with E-state index >= 15 is 0 Å². The van der Waals surface area contributed by atoms with Crippen molar-refractivity contribution in [1.82, 2.24) is 0 Å². The molecule has 0 saturated carbocycles. The first-order valence-electron chi connectivity index (χ1n) is 4.18. The van der Waals surface area contributed by atoms with Crippen molar-refractivity contribution in [3.63, 3.8) is 0 Å². The van der Waals surface area contributed by atoms with E-state index in [1.807, 2.05) is 12.1 Å². The molecular weight excluding hydrogens is 201 g/mol. The summed E-state index contributed by atoms with van der Waals surface area (Å²) in [6.45, 7) is 0. The van der Waals surface area contributed by atoms with Gasteiger partial charge >= 0.3 is 29.6 Å². The predicted octanol–water partition coefficient (Wildman–Crippen LogP) is -2.21. The molecule has 3 nitrogen and oxygen atoms in total. The van der Waals surface area contributed by atoms with Crippen LogP contribution in [0, 0.1) is 0 Å². The van der Waals surface area contributed by atoms with Crippen molar-refractivity contribution >= 4 is 22.4 Å². The van der Waals surface area contributed by atoms with Crippen LogP contribution in [-0.2, 0) is 0 Å². The molecule has 0 bridgehead atoms. The quantitative estimate of drug-likeness (QED) is 0.428. The Hall–Kier alpha value is -1.03. The smallest absolute Gasteiger partial charge is 0.545 e. The third kappa shape index (κ3) is 2.15. The zero-order valence-electron chi connectivity index (χ0n) is 8.36. The second-order valence-corrected chi connectivity index (χ2v) is 3.04. The minimum atomic E-state index is -1.20. The summed E-state index contributed by atoms with van der Waals surface area (Å²) in [5.41, 5.74) is 6.30. The van der Waals surface area contributed by atoms with Crippen molar-refractivity contribution in [2.75, 3.05) is 5.73 Å². The summed E-state index contributed by atoms with van der Waals surface area (Å²) >= 11 is 0. The zero-order chi connectivity index (χ0) is 10.1. The molecule has 0 aromatic heterocycles. The van der Waals surface area contributed by atoms with E-state index in [4.69, 9.17) is 5.73 Å². The molecule has 0 unspecified atom stereocenters. The van der Waals surface area contributed by atoms with Crippen LogP contribution in [0.4, 0.5) is 5.69 Å². The maximum atomic E-state index is 10.8. The number of hydrogen-bond donors (Lipinski definition) is 1. The second kappa shape index (κ2) is 4.66. The summed E-state index contributed by atoms with van der Waals surface area (Å²) in [4.78, 5) is 10.8. The van der Waals surface area contributed by atoms with Gasteiger partial charge in [-0.05, 0) is 11.5 Å². The third-order valence-electron chi connectivity index (χ3n) is 2.16. The van der Waals surface area contributed by atoms with Crippen LogP contribution in [0.1, 0.15) is 10.4 Å². The maximum Gasteiger partial charge on any atom is 1.00 e. The average molecular weight is 209 g/mol. The number of benzene rings is 2. The molecule has 0 amide bonds. The number of carboxylic acids is 1. The third-order valence-corrected chi connectivity index (χ3v) is 2.16.